The summed E-state index contributed by atoms with van der Waals surface area (Å²) in [4.78, 5) is 155. The van der Waals surface area contributed by atoms with Gasteiger partial charge in [0, 0.05) is 62.3 Å². The molecule has 0 aliphatic carbocycles. The van der Waals surface area contributed by atoms with Crippen LogP contribution in [0.3, 0.4) is 0 Å². The number of nitrogens with zero attached hydrogens (tertiary/aromatic N) is 8. The van der Waals surface area contributed by atoms with Gasteiger partial charge in [0.15, 0.2) is 6.10 Å². The molecule has 1 aliphatic heterocycles. The second-order valence-corrected chi connectivity index (χ2v) is 25.4. The molecule has 1 aromatic carbocycles. The molecule has 9 amide bonds. The zero-order valence-electron chi connectivity index (χ0n) is 55.3. The Morgan fingerprint density at radius 3 is 1.73 bits per heavy atom. The van der Waals surface area contributed by atoms with E-state index in [1.807, 2.05) is 48.5 Å². The lowest BCUT2D eigenvalue weighted by atomic mass is 9.95. The molecule has 2 rings (SSSR count). The molecular formula is C62H103F3N10O11. The Balaban J connectivity index is 2.80. The first-order valence-corrected chi connectivity index (χ1v) is 30.1. The number of rotatable bonds is 19. The highest BCUT2D eigenvalue weighted by molar-refractivity contribution is 5.98. The third-order valence-corrected chi connectivity index (χ3v) is 16.7. The van der Waals surface area contributed by atoms with Gasteiger partial charge in [-0.2, -0.15) is 13.2 Å². The summed E-state index contributed by atoms with van der Waals surface area (Å²) in [6, 6.07) is -6.22. The van der Waals surface area contributed by atoms with Gasteiger partial charge in [0.2, 0.25) is 47.3 Å². The molecule has 1 fully saturated rings. The van der Waals surface area contributed by atoms with E-state index in [2.05, 4.69) is 10.6 Å². The molecule has 1 aliphatic rings. The second kappa shape index (κ2) is 33.1. The zero-order chi connectivity index (χ0) is 66.3. The molecule has 1 heterocycles. The number of likely N-dealkylation sites (N-methyl/N-ethyl adjacent to an activating group) is 8. The number of alkyl halides is 3. The van der Waals surface area contributed by atoms with Crippen LogP contribution in [-0.4, -0.2) is 229 Å². The molecule has 0 aromatic heterocycles. The van der Waals surface area contributed by atoms with E-state index < -0.39 is 143 Å². The number of hydrogen-bond donors (Lipinski definition) is 2. The Morgan fingerprint density at radius 2 is 1.24 bits per heavy atom. The van der Waals surface area contributed by atoms with E-state index in [0.717, 1.165) is 12.1 Å². The number of hydrogen-bond acceptors (Lipinski definition) is 12. The smallest absolute Gasteiger partial charge is 0.416 e. The summed E-state index contributed by atoms with van der Waals surface area (Å²) in [7, 11) is 13.5. The van der Waals surface area contributed by atoms with Gasteiger partial charge in [-0.05, 0) is 114 Å². The predicted octanol–water partition coefficient (Wildman–Crippen LogP) is 5.17. The third kappa shape index (κ3) is 20.1. The molecule has 0 saturated carbocycles. The van der Waals surface area contributed by atoms with Crippen LogP contribution in [0.25, 0.3) is 0 Å². The van der Waals surface area contributed by atoms with Gasteiger partial charge in [-0.1, -0.05) is 87.8 Å². The Hall–Kier alpha value is -6.33. The Kier molecular flexibility index (Phi) is 29.2. The normalized spacial score (nSPS) is 22.5. The van der Waals surface area contributed by atoms with Crippen molar-refractivity contribution in [2.75, 3.05) is 70.0 Å². The zero-order valence-corrected chi connectivity index (χ0v) is 55.3. The van der Waals surface area contributed by atoms with Crippen LogP contribution in [-0.2, 0) is 65.3 Å². The first-order valence-electron chi connectivity index (χ1n) is 30.1. The third-order valence-electron chi connectivity index (χ3n) is 16.7. The molecule has 11 atom stereocenters. The summed E-state index contributed by atoms with van der Waals surface area (Å²) in [5.74, 6) is -7.89. The molecule has 0 radical (unpaired) electrons. The van der Waals surface area contributed by atoms with Crippen LogP contribution in [0.1, 0.15) is 140 Å². The fourth-order valence-corrected chi connectivity index (χ4v) is 10.9. The van der Waals surface area contributed by atoms with Crippen molar-refractivity contribution in [3.8, 4) is 0 Å². The Labute approximate surface area is 509 Å². The lowest BCUT2D eigenvalue weighted by Gasteiger charge is -2.40. The molecule has 1 aromatic rings. The lowest BCUT2D eigenvalue weighted by molar-refractivity contribution is -0.169. The summed E-state index contributed by atoms with van der Waals surface area (Å²) >= 11 is 0. The molecule has 21 nitrogen and oxygen atoms in total. The van der Waals surface area contributed by atoms with Gasteiger partial charge in [0.05, 0.1) is 5.56 Å². The van der Waals surface area contributed by atoms with Crippen molar-refractivity contribution >= 4 is 59.1 Å². The minimum absolute atomic E-state index is 0.0244. The first kappa shape index (κ1) is 75.8. The molecular weight excluding hydrogens is 1120 g/mol. The topological polar surface area (TPSA) is 230 Å². The molecule has 86 heavy (non-hydrogen) atoms. The maximum absolute atomic E-state index is 15.2. The molecule has 0 spiro atoms. The van der Waals surface area contributed by atoms with E-state index in [0.29, 0.717) is 12.0 Å². The largest absolute Gasteiger partial charge is 0.451 e. The average molecular weight is 1220 g/mol. The van der Waals surface area contributed by atoms with Crippen LogP contribution in [0.5, 0.6) is 0 Å². The van der Waals surface area contributed by atoms with Crippen molar-refractivity contribution in [3.63, 3.8) is 0 Å². The molecule has 488 valence electrons. The van der Waals surface area contributed by atoms with Crippen molar-refractivity contribution in [2.24, 2.45) is 29.6 Å². The quantitative estimate of drug-likeness (QED) is 0.171. The number of halogens is 3. The van der Waals surface area contributed by atoms with E-state index in [1.54, 1.807) is 39.8 Å². The van der Waals surface area contributed by atoms with Gasteiger partial charge in [-0.25, -0.2) is 0 Å². The van der Waals surface area contributed by atoms with Gasteiger partial charge < -0.3 is 49.7 Å². The number of ether oxygens (including phenoxy) is 1. The highest BCUT2D eigenvalue weighted by Gasteiger charge is 2.44. The molecule has 1 saturated heterocycles. The van der Waals surface area contributed by atoms with E-state index in [-0.39, 0.29) is 62.8 Å². The van der Waals surface area contributed by atoms with E-state index in [4.69, 9.17) is 4.74 Å². The van der Waals surface area contributed by atoms with E-state index >= 15 is 9.59 Å². The van der Waals surface area contributed by atoms with Gasteiger partial charge >= 0.3 is 12.1 Å². The number of carbonyl (C=O) groups excluding carboxylic acids is 10. The molecule has 0 unspecified atom stereocenters. The Morgan fingerprint density at radius 1 is 0.674 bits per heavy atom. The first-order chi connectivity index (χ1) is 39.7. The van der Waals surface area contributed by atoms with Crippen LogP contribution in [0, 0.1) is 29.6 Å². The monoisotopic (exact) mass is 1220 g/mol. The van der Waals surface area contributed by atoms with Crippen molar-refractivity contribution in [1.82, 2.24) is 49.8 Å². The van der Waals surface area contributed by atoms with Crippen LogP contribution in [0.4, 0.5) is 13.2 Å². The van der Waals surface area contributed by atoms with Crippen molar-refractivity contribution in [2.45, 2.75) is 202 Å². The molecule has 0 bridgehead atoms. The Bertz CT molecular complexity index is 2490. The fourth-order valence-electron chi connectivity index (χ4n) is 10.9. The second-order valence-electron chi connectivity index (χ2n) is 25.4. The van der Waals surface area contributed by atoms with Gasteiger partial charge in [-0.3, -0.25) is 52.8 Å². The molecule has 24 heteroatoms. The maximum atomic E-state index is 15.2. The maximum Gasteiger partial charge on any atom is 0.416 e. The van der Waals surface area contributed by atoms with Gasteiger partial charge in [0.1, 0.15) is 54.4 Å². The predicted molar refractivity (Wildman–Crippen MR) is 322 cm³/mol. The highest BCUT2D eigenvalue weighted by Crippen LogP contribution is 2.30. The van der Waals surface area contributed by atoms with Crippen LogP contribution in [0.2, 0.25) is 0 Å². The van der Waals surface area contributed by atoms with Gasteiger partial charge in [0.25, 0.3) is 5.91 Å². The van der Waals surface area contributed by atoms with Gasteiger partial charge in [-0.15, -0.1) is 0 Å². The number of carbonyl (C=O) groups is 10. The van der Waals surface area contributed by atoms with Crippen molar-refractivity contribution in [1.29, 1.82) is 0 Å². The number of nitrogens with one attached hydrogen (secondary N) is 2. The number of esters is 1. The SMILES string of the molecule is CC[C@H](C)[C@H]1C(=O)N[C@@H](C)C(=O)N(C)[C@@H](CC(C)C)C(=O)N[C@@H](Cc2ccc(C(F)(F)F)cc2)C(=O)N(C)CCCC[C@H](N(C)C(=O)[C@H](CC(C)C)N(C)C(=O)[C@H](C)N(C)C(=O)[C@H](OC(=O)[C@H](C(C)C)N(C)C)C(C)C)C(=O)N(C)[C@@H](C)C(=O)N1C. The highest BCUT2D eigenvalue weighted by atomic mass is 19.4. The van der Waals surface area contributed by atoms with E-state index in [1.165, 1.54) is 117 Å². The summed E-state index contributed by atoms with van der Waals surface area (Å²) in [5, 5.41) is 5.53. The standard InChI is InChI=1S/C62H103F3N10O11/c1-23-39(10)50-53(77)66-40(11)54(78)73(20)47(32-35(2)3)52(76)67-45(34-43-27-29-44(30-28-43)62(63,64)65)57(81)69(16)31-25-24-26-46(58(82)70(17)42(13)56(80)75(50)22)72(19)59(83)48(33-36(4)5)74(21)55(79)41(12)71(18)60(84)51(38(8)9)86-61(85)49(37(6)7)68(14)15/h27-30,35-42,45-51H,23-26,31-34H2,1-22H3,(H,66,77)(H,67,76)/t39-,40-,41-,42-,45-,46-,47-,48-,49-,50-,51+/m0/s1. The van der Waals surface area contributed by atoms with Crippen molar-refractivity contribution in [3.05, 3.63) is 35.4 Å². The van der Waals surface area contributed by atoms with Crippen LogP contribution in [0.15, 0.2) is 24.3 Å². The minimum atomic E-state index is -4.63. The van der Waals surface area contributed by atoms with E-state index in [9.17, 15) is 51.5 Å². The number of benzene rings is 1. The lowest BCUT2D eigenvalue weighted by Crippen LogP contribution is -2.61. The van der Waals surface area contributed by atoms with Crippen LogP contribution < -0.4 is 10.6 Å². The summed E-state index contributed by atoms with van der Waals surface area (Å²) in [5.41, 5.74) is -0.608. The van der Waals surface area contributed by atoms with Crippen molar-refractivity contribution < 1.29 is 65.9 Å². The summed E-state index contributed by atoms with van der Waals surface area (Å²) in [6.45, 7) is 22.6. The minimum Gasteiger partial charge on any atom is -0.451 e. The fraction of sp³-hybridized carbons (Fsp3) is 0.742. The number of amides is 9. The summed E-state index contributed by atoms with van der Waals surface area (Å²) in [6.07, 6.45) is -5.06. The average Bonchev–Trinajstić information content (AvgIpc) is 2.33. The summed E-state index contributed by atoms with van der Waals surface area (Å²) < 4.78 is 46.8. The molecule has 2 N–H and O–H groups in total. The van der Waals surface area contributed by atoms with Crippen LogP contribution >= 0.6 is 0 Å².